The molecule has 0 saturated heterocycles. The van der Waals surface area contributed by atoms with E-state index in [4.69, 9.17) is 0 Å². The second kappa shape index (κ2) is 9.05. The van der Waals surface area contributed by atoms with Gasteiger partial charge in [-0.05, 0) is 50.7 Å². The predicted octanol–water partition coefficient (Wildman–Crippen LogP) is 3.82. The highest BCUT2D eigenvalue weighted by Crippen LogP contribution is 2.23. The average Bonchev–Trinajstić information content (AvgIpc) is 2.66. The van der Waals surface area contributed by atoms with Crippen molar-refractivity contribution in [1.82, 2.24) is 4.90 Å². The number of Topliss-reactive ketones (excluding diaryl/α,β-unsaturated/α-hetero) is 1. The molecule has 2 aromatic carbocycles. The van der Waals surface area contributed by atoms with Crippen LogP contribution in [0.1, 0.15) is 42.2 Å². The van der Waals surface area contributed by atoms with Crippen LogP contribution in [0, 0.1) is 10.1 Å². The van der Waals surface area contributed by atoms with Gasteiger partial charge in [-0.15, -0.1) is 0 Å². The van der Waals surface area contributed by atoms with Gasteiger partial charge in [0.25, 0.3) is 5.69 Å². The Morgan fingerprint density at radius 3 is 2.44 bits per heavy atom. The second-order valence-corrected chi connectivity index (χ2v) is 6.44. The maximum Gasteiger partial charge on any atom is 0.269 e. The molecule has 142 valence electrons. The highest BCUT2D eigenvalue weighted by Gasteiger charge is 2.16. The molecular formula is C20H23N3O4. The molecule has 0 aromatic heterocycles. The largest absolute Gasteiger partial charge is 0.326 e. The van der Waals surface area contributed by atoms with Gasteiger partial charge >= 0.3 is 0 Å². The fraction of sp³-hybridized carbons (Fsp3) is 0.300. The molecule has 0 fully saturated rings. The van der Waals surface area contributed by atoms with E-state index in [0.29, 0.717) is 17.8 Å². The van der Waals surface area contributed by atoms with Gasteiger partial charge in [0.05, 0.1) is 4.92 Å². The maximum absolute atomic E-state index is 12.1. The second-order valence-electron chi connectivity index (χ2n) is 6.44. The summed E-state index contributed by atoms with van der Waals surface area (Å²) in [5.74, 6) is -0.159. The molecule has 0 aliphatic heterocycles. The Morgan fingerprint density at radius 2 is 1.85 bits per heavy atom. The summed E-state index contributed by atoms with van der Waals surface area (Å²) >= 11 is 0. The molecule has 0 aliphatic carbocycles. The number of benzene rings is 2. The highest BCUT2D eigenvalue weighted by molar-refractivity contribution is 5.95. The summed E-state index contributed by atoms with van der Waals surface area (Å²) in [7, 11) is 1.87. The molecule has 1 atom stereocenters. The lowest BCUT2D eigenvalue weighted by molar-refractivity contribution is -0.384. The van der Waals surface area contributed by atoms with Crippen LogP contribution < -0.4 is 5.32 Å². The Morgan fingerprint density at radius 1 is 1.19 bits per heavy atom. The number of hydrogen-bond donors (Lipinski definition) is 1. The number of carbonyl (C=O) groups excluding carboxylic acids is 2. The number of rotatable bonds is 8. The summed E-state index contributed by atoms with van der Waals surface area (Å²) in [6.07, 6.45) is 0.282. The van der Waals surface area contributed by atoms with Gasteiger partial charge in [0.15, 0.2) is 5.78 Å². The summed E-state index contributed by atoms with van der Waals surface area (Å²) in [6, 6.07) is 13.2. The van der Waals surface area contributed by atoms with Crippen molar-refractivity contribution in [3.05, 3.63) is 69.8 Å². The van der Waals surface area contributed by atoms with Crippen molar-refractivity contribution in [1.29, 1.82) is 0 Å². The summed E-state index contributed by atoms with van der Waals surface area (Å²) in [4.78, 5) is 35.9. The van der Waals surface area contributed by atoms with Crippen molar-refractivity contribution in [2.45, 2.75) is 26.3 Å². The van der Waals surface area contributed by atoms with E-state index >= 15 is 0 Å². The molecule has 0 spiro atoms. The molecule has 7 heteroatoms. The average molecular weight is 369 g/mol. The van der Waals surface area contributed by atoms with Crippen LogP contribution in [-0.2, 0) is 4.79 Å². The van der Waals surface area contributed by atoms with Crippen LogP contribution in [0.3, 0.4) is 0 Å². The number of non-ortho nitro benzene ring substituents is 1. The fourth-order valence-corrected chi connectivity index (χ4v) is 2.64. The number of ketones is 1. The molecule has 0 bridgehead atoms. The first-order chi connectivity index (χ1) is 12.8. The Hall–Kier alpha value is -3.06. The SMILES string of the molecule is CC(=O)c1ccc(NC(=O)CCN(C)C(C)c2cccc([N+](=O)[O-])c2)cc1. The third kappa shape index (κ3) is 5.72. The number of carbonyl (C=O) groups is 2. The first-order valence-electron chi connectivity index (χ1n) is 8.63. The number of nitro benzene ring substituents is 1. The van der Waals surface area contributed by atoms with E-state index in [2.05, 4.69) is 5.32 Å². The summed E-state index contributed by atoms with van der Waals surface area (Å²) in [6.45, 7) is 3.94. The third-order valence-electron chi connectivity index (χ3n) is 4.49. The van der Waals surface area contributed by atoms with E-state index in [9.17, 15) is 19.7 Å². The van der Waals surface area contributed by atoms with Gasteiger partial charge in [0.2, 0.25) is 5.91 Å². The van der Waals surface area contributed by atoms with Gasteiger partial charge in [0, 0.05) is 42.4 Å². The van der Waals surface area contributed by atoms with Crippen LogP contribution in [0.25, 0.3) is 0 Å². The first kappa shape index (κ1) is 20.3. The van der Waals surface area contributed by atoms with Gasteiger partial charge in [-0.2, -0.15) is 0 Å². The third-order valence-corrected chi connectivity index (χ3v) is 4.49. The molecule has 0 radical (unpaired) electrons. The van der Waals surface area contributed by atoms with Gasteiger partial charge in [-0.3, -0.25) is 24.6 Å². The maximum atomic E-state index is 12.1. The summed E-state index contributed by atoms with van der Waals surface area (Å²) in [5.41, 5.74) is 2.12. The molecule has 27 heavy (non-hydrogen) atoms. The highest BCUT2D eigenvalue weighted by atomic mass is 16.6. The van der Waals surface area contributed by atoms with Crippen LogP contribution in [0.15, 0.2) is 48.5 Å². The van der Waals surface area contributed by atoms with E-state index in [1.54, 1.807) is 36.4 Å². The smallest absolute Gasteiger partial charge is 0.269 e. The molecule has 0 aliphatic rings. The predicted molar refractivity (Wildman–Crippen MR) is 104 cm³/mol. The molecule has 1 unspecified atom stereocenters. The number of nitrogens with zero attached hydrogens (tertiary/aromatic N) is 2. The van der Waals surface area contributed by atoms with Crippen molar-refractivity contribution in [2.24, 2.45) is 0 Å². The van der Waals surface area contributed by atoms with E-state index in [0.717, 1.165) is 5.56 Å². The lowest BCUT2D eigenvalue weighted by Gasteiger charge is -2.24. The Kier molecular flexibility index (Phi) is 6.79. The van der Waals surface area contributed by atoms with Crippen molar-refractivity contribution >= 4 is 23.1 Å². The minimum absolute atomic E-state index is 0.0235. The van der Waals surface area contributed by atoms with Gasteiger partial charge in [0.1, 0.15) is 0 Å². The lowest BCUT2D eigenvalue weighted by atomic mass is 10.1. The van der Waals surface area contributed by atoms with Crippen molar-refractivity contribution in [3.63, 3.8) is 0 Å². The Balaban J connectivity index is 1.89. The zero-order valence-electron chi connectivity index (χ0n) is 15.6. The number of nitro groups is 1. The molecule has 2 rings (SSSR count). The van der Waals surface area contributed by atoms with Crippen molar-refractivity contribution in [3.8, 4) is 0 Å². The van der Waals surface area contributed by atoms with E-state index in [1.807, 2.05) is 24.9 Å². The Bertz CT molecular complexity index is 833. The van der Waals surface area contributed by atoms with Crippen LogP contribution in [0.2, 0.25) is 0 Å². The molecule has 7 nitrogen and oxygen atoms in total. The van der Waals surface area contributed by atoms with Gasteiger partial charge in [-0.25, -0.2) is 0 Å². The number of hydrogen-bond acceptors (Lipinski definition) is 5. The van der Waals surface area contributed by atoms with Crippen LogP contribution in [-0.4, -0.2) is 35.1 Å². The first-order valence-corrected chi connectivity index (χ1v) is 8.63. The van der Waals surface area contributed by atoms with Crippen LogP contribution in [0.5, 0.6) is 0 Å². The van der Waals surface area contributed by atoms with Crippen LogP contribution >= 0.6 is 0 Å². The van der Waals surface area contributed by atoms with E-state index < -0.39 is 4.92 Å². The normalized spacial score (nSPS) is 11.9. The molecular weight excluding hydrogens is 346 g/mol. The zero-order chi connectivity index (χ0) is 20.0. The molecule has 1 N–H and O–H groups in total. The molecule has 1 amide bonds. The number of amides is 1. The van der Waals surface area contributed by atoms with Gasteiger partial charge in [-0.1, -0.05) is 12.1 Å². The lowest BCUT2D eigenvalue weighted by Crippen LogP contribution is -2.27. The van der Waals surface area contributed by atoms with Crippen molar-refractivity contribution in [2.75, 3.05) is 18.9 Å². The minimum atomic E-state index is -0.416. The summed E-state index contributed by atoms with van der Waals surface area (Å²) < 4.78 is 0. The van der Waals surface area contributed by atoms with Gasteiger partial charge < -0.3 is 5.32 Å². The number of anilines is 1. The van der Waals surface area contributed by atoms with Crippen LogP contribution in [0.4, 0.5) is 11.4 Å². The summed E-state index contributed by atoms with van der Waals surface area (Å²) in [5, 5.41) is 13.7. The number of nitrogens with one attached hydrogen (secondary N) is 1. The Labute approximate surface area is 158 Å². The quantitative estimate of drug-likeness (QED) is 0.434. The standard InChI is InChI=1S/C20H23N3O4/c1-14(17-5-4-6-19(13-17)23(26)27)22(3)12-11-20(25)21-18-9-7-16(8-10-18)15(2)24/h4-10,13-14H,11-12H2,1-3H3,(H,21,25). The molecule has 2 aromatic rings. The molecule has 0 heterocycles. The zero-order valence-corrected chi connectivity index (χ0v) is 15.6. The minimum Gasteiger partial charge on any atom is -0.326 e. The monoisotopic (exact) mass is 369 g/mol. The molecule has 0 saturated carbocycles. The van der Waals surface area contributed by atoms with E-state index in [-0.39, 0.29) is 29.8 Å². The van der Waals surface area contributed by atoms with E-state index in [1.165, 1.54) is 13.0 Å². The fourth-order valence-electron chi connectivity index (χ4n) is 2.64. The topological polar surface area (TPSA) is 92.6 Å². The van der Waals surface area contributed by atoms with Crippen molar-refractivity contribution < 1.29 is 14.5 Å².